The normalized spacial score (nSPS) is 11.6. The van der Waals surface area contributed by atoms with E-state index in [0.29, 0.717) is 0 Å². The molecule has 0 aromatic heterocycles. The van der Waals surface area contributed by atoms with E-state index >= 15 is 0 Å². The van der Waals surface area contributed by atoms with Crippen LogP contribution in [-0.2, 0) is 0 Å². The number of thioether (sulfide) groups is 1. The summed E-state index contributed by atoms with van der Waals surface area (Å²) in [6, 6.07) is 1.70. The summed E-state index contributed by atoms with van der Waals surface area (Å²) in [6.45, 7) is 0. The van der Waals surface area contributed by atoms with Crippen molar-refractivity contribution in [2.75, 3.05) is 0 Å². The van der Waals surface area contributed by atoms with Crippen LogP contribution in [-0.4, -0.2) is 10.4 Å². The van der Waals surface area contributed by atoms with Crippen LogP contribution in [0.5, 0.6) is 0 Å². The van der Waals surface area contributed by atoms with Crippen LogP contribution in [0.3, 0.4) is 0 Å². The molecule has 0 atom stereocenters. The highest BCUT2D eigenvalue weighted by molar-refractivity contribution is 8.00. The lowest BCUT2D eigenvalue weighted by Gasteiger charge is -2.06. The van der Waals surface area contributed by atoms with Crippen LogP contribution < -0.4 is 0 Å². The minimum Gasteiger partial charge on any atom is -0.258 e. The second-order valence-corrected chi connectivity index (χ2v) is 4.49. The molecule has 0 fully saturated rings. The van der Waals surface area contributed by atoms with E-state index in [2.05, 4.69) is 0 Å². The zero-order valence-corrected chi connectivity index (χ0v) is 9.54. The predicted molar refractivity (Wildman–Crippen MR) is 55.0 cm³/mol. The van der Waals surface area contributed by atoms with Crippen molar-refractivity contribution in [3.05, 3.63) is 32.3 Å². The third-order valence-electron chi connectivity index (χ3n) is 1.41. The number of hydrogen-bond acceptors (Lipinski definition) is 3. The van der Waals surface area contributed by atoms with E-state index in [9.17, 15) is 23.3 Å². The van der Waals surface area contributed by atoms with Crippen molar-refractivity contribution in [3.8, 4) is 0 Å². The average molecular weight is 292 g/mol. The molecular weight excluding hydrogens is 290 g/mol. The van der Waals surface area contributed by atoms with E-state index in [1.807, 2.05) is 0 Å². The maximum Gasteiger partial charge on any atom is 0.446 e. The highest BCUT2D eigenvalue weighted by atomic mass is 35.5. The first kappa shape index (κ1) is 13.4. The van der Waals surface area contributed by atoms with Crippen LogP contribution in [0.2, 0.25) is 10.0 Å². The van der Waals surface area contributed by atoms with Gasteiger partial charge in [0.05, 0.1) is 4.92 Å². The van der Waals surface area contributed by atoms with Gasteiger partial charge in [0.2, 0.25) is 0 Å². The van der Waals surface area contributed by atoms with Crippen LogP contribution in [0.15, 0.2) is 17.0 Å². The Balaban J connectivity index is 3.15. The Morgan fingerprint density at radius 3 is 2.00 bits per heavy atom. The van der Waals surface area contributed by atoms with Crippen molar-refractivity contribution in [3.63, 3.8) is 0 Å². The standard InChI is InChI=1S/C7H2Cl2F3NO2S/c8-4-1-3(16-7(10,11)12)2-5(9)6(4)13(14)15/h1-2H. The number of nitro benzene ring substituents is 1. The lowest BCUT2D eigenvalue weighted by molar-refractivity contribution is -0.384. The number of nitro groups is 1. The predicted octanol–water partition coefficient (Wildman–Crippen LogP) is 4.51. The van der Waals surface area contributed by atoms with Gasteiger partial charge in [-0.3, -0.25) is 10.1 Å². The molecule has 0 spiro atoms. The van der Waals surface area contributed by atoms with Crippen molar-refractivity contribution < 1.29 is 18.1 Å². The number of alkyl halides is 3. The fraction of sp³-hybridized carbons (Fsp3) is 0.143. The maximum atomic E-state index is 12.0. The summed E-state index contributed by atoms with van der Waals surface area (Å²) in [6.07, 6.45) is 0. The van der Waals surface area contributed by atoms with Gasteiger partial charge in [0.15, 0.2) is 0 Å². The smallest absolute Gasteiger partial charge is 0.258 e. The minimum absolute atomic E-state index is 0.298. The SMILES string of the molecule is O=[N+]([O-])c1c(Cl)cc(SC(F)(F)F)cc1Cl. The number of benzene rings is 1. The molecule has 1 aromatic rings. The zero-order valence-electron chi connectivity index (χ0n) is 7.22. The molecule has 0 aliphatic carbocycles. The lowest BCUT2D eigenvalue weighted by Crippen LogP contribution is -1.99. The van der Waals surface area contributed by atoms with E-state index in [4.69, 9.17) is 23.2 Å². The number of halogens is 5. The fourth-order valence-corrected chi connectivity index (χ4v) is 2.28. The second-order valence-electron chi connectivity index (χ2n) is 2.54. The van der Waals surface area contributed by atoms with E-state index in [-0.39, 0.29) is 4.90 Å². The minimum atomic E-state index is -4.50. The molecule has 0 amide bonds. The highest BCUT2D eigenvalue weighted by Gasteiger charge is 2.31. The highest BCUT2D eigenvalue weighted by Crippen LogP contribution is 2.42. The zero-order chi connectivity index (χ0) is 12.5. The van der Waals surface area contributed by atoms with Crippen LogP contribution in [0.25, 0.3) is 0 Å². The second kappa shape index (κ2) is 4.68. The third kappa shape index (κ3) is 3.43. The summed E-state index contributed by atoms with van der Waals surface area (Å²) in [5.74, 6) is 0. The molecule has 0 saturated carbocycles. The van der Waals surface area contributed by atoms with Crippen LogP contribution in [0.4, 0.5) is 18.9 Å². The van der Waals surface area contributed by atoms with Crippen molar-refractivity contribution in [2.45, 2.75) is 10.4 Å². The monoisotopic (exact) mass is 291 g/mol. The Morgan fingerprint density at radius 1 is 1.25 bits per heavy atom. The van der Waals surface area contributed by atoms with Gasteiger partial charge in [-0.25, -0.2) is 0 Å². The summed E-state index contributed by atoms with van der Waals surface area (Å²) in [7, 11) is 0. The molecule has 16 heavy (non-hydrogen) atoms. The third-order valence-corrected chi connectivity index (χ3v) is 2.69. The van der Waals surface area contributed by atoms with Crippen molar-refractivity contribution in [1.82, 2.24) is 0 Å². The molecule has 0 bridgehead atoms. The van der Waals surface area contributed by atoms with Gasteiger partial charge in [0, 0.05) is 4.90 Å². The number of hydrogen-bond donors (Lipinski definition) is 0. The molecule has 0 aliphatic heterocycles. The largest absolute Gasteiger partial charge is 0.446 e. The molecule has 1 aromatic carbocycles. The molecule has 0 heterocycles. The fourth-order valence-electron chi connectivity index (χ4n) is 0.909. The molecule has 88 valence electrons. The molecule has 0 aliphatic rings. The molecular formula is C7H2Cl2F3NO2S. The van der Waals surface area contributed by atoms with E-state index in [0.717, 1.165) is 12.1 Å². The summed E-state index contributed by atoms with van der Waals surface area (Å²) in [5, 5.41) is 9.59. The van der Waals surface area contributed by atoms with Gasteiger partial charge in [-0.2, -0.15) is 13.2 Å². The van der Waals surface area contributed by atoms with Gasteiger partial charge in [-0.05, 0) is 23.9 Å². The maximum absolute atomic E-state index is 12.0. The van der Waals surface area contributed by atoms with Crippen molar-refractivity contribution in [2.24, 2.45) is 0 Å². The van der Waals surface area contributed by atoms with Crippen molar-refractivity contribution >= 4 is 40.7 Å². The van der Waals surface area contributed by atoms with Crippen LogP contribution >= 0.6 is 35.0 Å². The Kier molecular flexibility index (Phi) is 3.92. The molecule has 0 N–H and O–H groups in total. The molecule has 0 radical (unpaired) electrons. The van der Waals surface area contributed by atoms with Crippen LogP contribution in [0.1, 0.15) is 0 Å². The topological polar surface area (TPSA) is 43.1 Å². The van der Waals surface area contributed by atoms with E-state index < -0.39 is 37.9 Å². The summed E-state index contributed by atoms with van der Waals surface area (Å²) in [4.78, 5) is 9.29. The van der Waals surface area contributed by atoms with Crippen molar-refractivity contribution in [1.29, 1.82) is 0 Å². The molecule has 0 saturated heterocycles. The molecule has 1 rings (SSSR count). The van der Waals surface area contributed by atoms with Gasteiger partial charge >= 0.3 is 11.2 Å². The molecule has 0 unspecified atom stereocenters. The first-order valence-electron chi connectivity index (χ1n) is 3.60. The van der Waals surface area contributed by atoms with Crippen LogP contribution in [0, 0.1) is 10.1 Å². The first-order valence-corrected chi connectivity index (χ1v) is 5.17. The van der Waals surface area contributed by atoms with Gasteiger partial charge in [-0.1, -0.05) is 23.2 Å². The van der Waals surface area contributed by atoms with Gasteiger partial charge in [-0.15, -0.1) is 0 Å². The summed E-state index contributed by atoms with van der Waals surface area (Å²) in [5.41, 5.74) is -5.10. The Hall–Kier alpha value is -0.660. The number of rotatable bonds is 2. The summed E-state index contributed by atoms with van der Waals surface area (Å²) >= 11 is 10.5. The first-order chi connectivity index (χ1) is 7.20. The van der Waals surface area contributed by atoms with Gasteiger partial charge in [0.1, 0.15) is 10.0 Å². The van der Waals surface area contributed by atoms with Gasteiger partial charge < -0.3 is 0 Å². The molecule has 9 heteroatoms. The molecule has 3 nitrogen and oxygen atoms in total. The van der Waals surface area contributed by atoms with E-state index in [1.54, 1.807) is 0 Å². The van der Waals surface area contributed by atoms with E-state index in [1.165, 1.54) is 0 Å². The van der Waals surface area contributed by atoms with Gasteiger partial charge in [0.25, 0.3) is 0 Å². The number of nitrogens with zero attached hydrogens (tertiary/aromatic N) is 1. The lowest BCUT2D eigenvalue weighted by atomic mass is 10.3. The Labute approximate surface area is 102 Å². The summed E-state index contributed by atoms with van der Waals surface area (Å²) < 4.78 is 36.0. The Morgan fingerprint density at radius 2 is 1.69 bits per heavy atom. The quantitative estimate of drug-likeness (QED) is 0.457. The average Bonchev–Trinajstić information content (AvgIpc) is 1.96. The Bertz CT molecular complexity index is 415.